The predicted octanol–water partition coefficient (Wildman–Crippen LogP) is 6.71. The number of carbonyl (C=O) groups is 1. The molecule has 158 valence electrons. The van der Waals surface area contributed by atoms with Gasteiger partial charge in [0, 0.05) is 5.56 Å². The Hall–Kier alpha value is -2.29. The normalized spacial score (nSPS) is 11.5. The summed E-state index contributed by atoms with van der Waals surface area (Å²) in [4.78, 5) is 12.3. The Bertz CT molecular complexity index is 849. The van der Waals surface area contributed by atoms with Crippen molar-refractivity contribution in [3.05, 3.63) is 58.1 Å². The molecule has 3 nitrogen and oxygen atoms in total. The smallest absolute Gasteiger partial charge is 0.311 e. The van der Waals surface area contributed by atoms with Gasteiger partial charge in [-0.1, -0.05) is 64.3 Å². The molecule has 0 aliphatic carbocycles. The van der Waals surface area contributed by atoms with E-state index in [-0.39, 0.29) is 17.8 Å². The van der Waals surface area contributed by atoms with E-state index in [4.69, 9.17) is 4.74 Å². The largest absolute Gasteiger partial charge is 0.507 e. The number of rotatable bonds is 9. The Labute approximate surface area is 176 Å². The molecule has 29 heavy (non-hydrogen) atoms. The summed E-state index contributed by atoms with van der Waals surface area (Å²) in [5.74, 6) is 0.735. The molecule has 0 saturated heterocycles. The van der Waals surface area contributed by atoms with Gasteiger partial charge in [0.15, 0.2) is 0 Å². The summed E-state index contributed by atoms with van der Waals surface area (Å²) in [6.45, 7) is 12.6. The molecule has 0 radical (unpaired) electrons. The van der Waals surface area contributed by atoms with E-state index in [9.17, 15) is 9.90 Å². The number of esters is 1. The van der Waals surface area contributed by atoms with Crippen LogP contribution < -0.4 is 4.74 Å². The molecule has 0 bridgehead atoms. The van der Waals surface area contributed by atoms with Gasteiger partial charge in [-0.3, -0.25) is 4.79 Å². The number of benzene rings is 2. The minimum absolute atomic E-state index is 0.0724. The maximum atomic E-state index is 12.3. The van der Waals surface area contributed by atoms with E-state index in [1.54, 1.807) is 0 Å². The zero-order valence-electron chi connectivity index (χ0n) is 18.9. The fourth-order valence-corrected chi connectivity index (χ4v) is 3.94. The number of phenolic OH excluding ortho intramolecular Hbond substituents is 1. The number of carbonyl (C=O) groups excluding carboxylic acids is 1. The van der Waals surface area contributed by atoms with E-state index in [0.717, 1.165) is 40.7 Å². The van der Waals surface area contributed by atoms with Gasteiger partial charge in [-0.25, -0.2) is 0 Å². The van der Waals surface area contributed by atoms with Gasteiger partial charge in [0.1, 0.15) is 11.5 Å². The topological polar surface area (TPSA) is 46.5 Å². The van der Waals surface area contributed by atoms with Crippen molar-refractivity contribution in [2.75, 3.05) is 0 Å². The van der Waals surface area contributed by atoms with Crippen LogP contribution in [0.15, 0.2) is 30.3 Å². The van der Waals surface area contributed by atoms with E-state index in [1.807, 2.05) is 38.1 Å². The summed E-state index contributed by atoms with van der Waals surface area (Å²) in [6.07, 6.45) is 5.46. The molecule has 0 fully saturated rings. The van der Waals surface area contributed by atoms with Crippen LogP contribution in [0.2, 0.25) is 0 Å². The number of para-hydroxylation sites is 1. The maximum Gasteiger partial charge on any atom is 0.311 e. The Morgan fingerprint density at radius 2 is 1.76 bits per heavy atom. The van der Waals surface area contributed by atoms with E-state index in [1.165, 1.54) is 12.8 Å². The minimum Gasteiger partial charge on any atom is -0.507 e. The molecule has 2 aromatic carbocycles. The molecule has 0 atom stereocenters. The number of unbranched alkanes of at least 4 members (excludes halogenated alkanes) is 2. The molecule has 2 aromatic rings. The molecule has 0 aromatic heterocycles. The SMILES string of the molecule is CCCCCC(C)(C)c1cc(C)c(CCC(=O)Oc2ccccc2C)c(C)c1O. The molecular weight excluding hydrogens is 360 g/mol. The quantitative estimate of drug-likeness (QED) is 0.291. The first kappa shape index (κ1) is 23.0. The minimum atomic E-state index is -0.249. The molecule has 0 aliphatic heterocycles. The van der Waals surface area contributed by atoms with Crippen LogP contribution in [0, 0.1) is 20.8 Å². The second-order valence-corrected chi connectivity index (χ2v) is 8.77. The molecule has 3 heteroatoms. The third kappa shape index (κ3) is 5.85. The van der Waals surface area contributed by atoms with Crippen LogP contribution in [-0.2, 0) is 16.6 Å². The first-order chi connectivity index (χ1) is 13.7. The summed E-state index contributed by atoms with van der Waals surface area (Å²) in [7, 11) is 0. The molecule has 0 aliphatic rings. The van der Waals surface area contributed by atoms with E-state index >= 15 is 0 Å². The van der Waals surface area contributed by atoms with Crippen molar-refractivity contribution in [1.29, 1.82) is 0 Å². The van der Waals surface area contributed by atoms with Crippen LogP contribution >= 0.6 is 0 Å². The van der Waals surface area contributed by atoms with Crippen LogP contribution in [0.1, 0.15) is 80.7 Å². The third-order valence-electron chi connectivity index (χ3n) is 5.93. The van der Waals surface area contributed by atoms with Crippen LogP contribution in [-0.4, -0.2) is 11.1 Å². The summed E-state index contributed by atoms with van der Waals surface area (Å²) < 4.78 is 5.51. The van der Waals surface area contributed by atoms with Crippen molar-refractivity contribution < 1.29 is 14.6 Å². The van der Waals surface area contributed by atoms with Gasteiger partial charge in [0.2, 0.25) is 0 Å². The summed E-state index contributed by atoms with van der Waals surface area (Å²) in [6, 6.07) is 9.63. The average molecular weight is 397 g/mol. The molecule has 1 N–H and O–H groups in total. The Morgan fingerprint density at radius 1 is 1.07 bits per heavy atom. The highest BCUT2D eigenvalue weighted by molar-refractivity contribution is 5.73. The van der Waals surface area contributed by atoms with Crippen LogP contribution in [0.4, 0.5) is 0 Å². The van der Waals surface area contributed by atoms with Crippen molar-refractivity contribution >= 4 is 5.97 Å². The highest BCUT2D eigenvalue weighted by Gasteiger charge is 2.26. The number of ether oxygens (including phenoxy) is 1. The Kier molecular flexibility index (Phi) is 7.89. The average Bonchev–Trinajstić information content (AvgIpc) is 2.66. The van der Waals surface area contributed by atoms with Gasteiger partial charge in [-0.05, 0) is 67.3 Å². The molecule has 2 rings (SSSR count). The molecule has 0 heterocycles. The van der Waals surface area contributed by atoms with Crippen molar-refractivity contribution in [1.82, 2.24) is 0 Å². The van der Waals surface area contributed by atoms with E-state index in [2.05, 4.69) is 33.8 Å². The summed E-state index contributed by atoms with van der Waals surface area (Å²) >= 11 is 0. The fraction of sp³-hybridized carbons (Fsp3) is 0.500. The van der Waals surface area contributed by atoms with Crippen LogP contribution in [0.25, 0.3) is 0 Å². The summed E-state index contributed by atoms with van der Waals surface area (Å²) in [5, 5.41) is 10.9. The van der Waals surface area contributed by atoms with E-state index in [0.29, 0.717) is 17.9 Å². The first-order valence-corrected chi connectivity index (χ1v) is 10.8. The van der Waals surface area contributed by atoms with Gasteiger partial charge in [-0.2, -0.15) is 0 Å². The molecule has 0 amide bonds. The van der Waals surface area contributed by atoms with Gasteiger partial charge in [0.25, 0.3) is 0 Å². The fourth-order valence-electron chi connectivity index (χ4n) is 3.94. The number of aryl methyl sites for hydroxylation is 2. The van der Waals surface area contributed by atoms with E-state index < -0.39 is 0 Å². The second kappa shape index (κ2) is 9.96. The van der Waals surface area contributed by atoms with Crippen molar-refractivity contribution in [2.24, 2.45) is 0 Å². The number of hydrogen-bond acceptors (Lipinski definition) is 3. The van der Waals surface area contributed by atoms with Crippen molar-refractivity contribution in [2.45, 2.75) is 85.5 Å². The van der Waals surface area contributed by atoms with Gasteiger partial charge >= 0.3 is 5.97 Å². The lowest BCUT2D eigenvalue weighted by Gasteiger charge is -2.28. The number of aromatic hydroxyl groups is 1. The summed E-state index contributed by atoms with van der Waals surface area (Å²) in [5.41, 5.74) is 4.93. The van der Waals surface area contributed by atoms with Crippen molar-refractivity contribution in [3.8, 4) is 11.5 Å². The molecular formula is C26H36O3. The lowest BCUT2D eigenvalue weighted by molar-refractivity contribution is -0.134. The lowest BCUT2D eigenvalue weighted by Crippen LogP contribution is -2.19. The number of hydrogen-bond donors (Lipinski definition) is 1. The second-order valence-electron chi connectivity index (χ2n) is 8.77. The monoisotopic (exact) mass is 396 g/mol. The Balaban J connectivity index is 2.13. The standard InChI is InChI=1S/C26H36O3/c1-7-8-11-16-26(5,6)22-17-19(3)21(20(4)25(22)28)14-15-24(27)29-23-13-10-9-12-18(23)2/h9-10,12-13,17,28H,7-8,11,14-16H2,1-6H3. The van der Waals surface area contributed by atoms with Crippen LogP contribution in [0.3, 0.4) is 0 Å². The maximum absolute atomic E-state index is 12.3. The zero-order chi connectivity index (χ0) is 21.6. The third-order valence-corrected chi connectivity index (χ3v) is 5.93. The van der Waals surface area contributed by atoms with Gasteiger partial charge in [-0.15, -0.1) is 0 Å². The molecule has 0 saturated carbocycles. The lowest BCUT2D eigenvalue weighted by atomic mass is 9.77. The molecule has 0 unspecified atom stereocenters. The van der Waals surface area contributed by atoms with Gasteiger partial charge < -0.3 is 9.84 Å². The highest BCUT2D eigenvalue weighted by atomic mass is 16.5. The number of phenols is 1. The predicted molar refractivity (Wildman–Crippen MR) is 120 cm³/mol. The molecule has 0 spiro atoms. The van der Waals surface area contributed by atoms with Gasteiger partial charge in [0.05, 0.1) is 6.42 Å². The zero-order valence-corrected chi connectivity index (χ0v) is 18.9. The highest BCUT2D eigenvalue weighted by Crippen LogP contribution is 2.39. The van der Waals surface area contributed by atoms with Crippen molar-refractivity contribution in [3.63, 3.8) is 0 Å². The first-order valence-electron chi connectivity index (χ1n) is 10.8. The Morgan fingerprint density at radius 3 is 2.41 bits per heavy atom. The van der Waals surface area contributed by atoms with Crippen LogP contribution in [0.5, 0.6) is 11.5 Å².